The SMILES string of the molecule is CCC(Nc1cc(OC)ccc1F)C(N)=O. The lowest BCUT2D eigenvalue weighted by molar-refractivity contribution is -0.118. The lowest BCUT2D eigenvalue weighted by atomic mass is 10.2. The molecule has 88 valence electrons. The Kier molecular flexibility index (Phi) is 4.10. The van der Waals surface area contributed by atoms with Gasteiger partial charge < -0.3 is 15.8 Å². The van der Waals surface area contributed by atoms with Crippen molar-refractivity contribution >= 4 is 11.6 Å². The Morgan fingerprint density at radius 1 is 1.62 bits per heavy atom. The van der Waals surface area contributed by atoms with E-state index in [2.05, 4.69) is 5.32 Å². The summed E-state index contributed by atoms with van der Waals surface area (Å²) in [4.78, 5) is 11.0. The number of carbonyl (C=O) groups excluding carboxylic acids is 1. The summed E-state index contributed by atoms with van der Waals surface area (Å²) < 4.78 is 18.4. The zero-order valence-electron chi connectivity index (χ0n) is 9.29. The van der Waals surface area contributed by atoms with E-state index >= 15 is 0 Å². The summed E-state index contributed by atoms with van der Waals surface area (Å²) in [5, 5.41) is 2.74. The molecule has 3 N–H and O–H groups in total. The van der Waals surface area contributed by atoms with Crippen molar-refractivity contribution in [1.29, 1.82) is 0 Å². The molecule has 1 aromatic rings. The first-order valence-electron chi connectivity index (χ1n) is 4.97. The fraction of sp³-hybridized carbons (Fsp3) is 0.364. The zero-order valence-corrected chi connectivity index (χ0v) is 9.29. The molecular weight excluding hydrogens is 211 g/mol. The molecule has 1 atom stereocenters. The number of nitrogens with two attached hydrogens (primary N) is 1. The van der Waals surface area contributed by atoms with Crippen LogP contribution in [0, 0.1) is 5.82 Å². The third-order valence-electron chi connectivity index (χ3n) is 2.25. The average Bonchev–Trinajstić information content (AvgIpc) is 2.27. The molecule has 0 radical (unpaired) electrons. The number of ether oxygens (including phenoxy) is 1. The maximum Gasteiger partial charge on any atom is 0.239 e. The monoisotopic (exact) mass is 226 g/mol. The van der Waals surface area contributed by atoms with Gasteiger partial charge in [0.15, 0.2) is 0 Å². The van der Waals surface area contributed by atoms with E-state index in [1.54, 1.807) is 6.92 Å². The molecule has 0 aromatic heterocycles. The minimum Gasteiger partial charge on any atom is -0.497 e. The Morgan fingerprint density at radius 2 is 2.31 bits per heavy atom. The Hall–Kier alpha value is -1.78. The molecular formula is C11H15FN2O2. The van der Waals surface area contributed by atoms with Crippen LogP contribution in [0.15, 0.2) is 18.2 Å². The first-order chi connectivity index (χ1) is 7.58. The Morgan fingerprint density at radius 3 is 2.81 bits per heavy atom. The molecule has 0 aliphatic carbocycles. The van der Waals surface area contributed by atoms with Gasteiger partial charge in [0.2, 0.25) is 5.91 Å². The first kappa shape index (κ1) is 12.3. The predicted molar refractivity (Wildman–Crippen MR) is 59.8 cm³/mol. The number of hydrogen-bond donors (Lipinski definition) is 2. The van der Waals surface area contributed by atoms with E-state index in [9.17, 15) is 9.18 Å². The summed E-state index contributed by atoms with van der Waals surface area (Å²) in [5.41, 5.74) is 5.37. The summed E-state index contributed by atoms with van der Waals surface area (Å²) in [5.74, 6) is -0.437. The van der Waals surface area contributed by atoms with Crippen LogP contribution < -0.4 is 15.8 Å². The van der Waals surface area contributed by atoms with Gasteiger partial charge in [-0.1, -0.05) is 6.92 Å². The Bertz CT molecular complexity index is 382. The lowest BCUT2D eigenvalue weighted by Gasteiger charge is -2.15. The molecule has 0 aliphatic rings. The van der Waals surface area contributed by atoms with Gasteiger partial charge in [0, 0.05) is 6.07 Å². The van der Waals surface area contributed by atoms with E-state index in [1.165, 1.54) is 25.3 Å². The van der Waals surface area contributed by atoms with E-state index in [-0.39, 0.29) is 5.69 Å². The fourth-order valence-electron chi connectivity index (χ4n) is 1.30. The minimum absolute atomic E-state index is 0.213. The van der Waals surface area contributed by atoms with Gasteiger partial charge in [0.25, 0.3) is 0 Å². The first-order valence-corrected chi connectivity index (χ1v) is 4.97. The minimum atomic E-state index is -0.582. The van der Waals surface area contributed by atoms with Crippen molar-refractivity contribution in [3.8, 4) is 5.75 Å². The van der Waals surface area contributed by atoms with Gasteiger partial charge >= 0.3 is 0 Å². The number of rotatable bonds is 5. The smallest absolute Gasteiger partial charge is 0.239 e. The van der Waals surface area contributed by atoms with Crippen LogP contribution in [0.5, 0.6) is 5.75 Å². The molecule has 16 heavy (non-hydrogen) atoms. The molecule has 1 amide bonds. The van der Waals surface area contributed by atoms with E-state index in [0.29, 0.717) is 12.2 Å². The molecule has 0 fully saturated rings. The second kappa shape index (κ2) is 5.34. The van der Waals surface area contributed by atoms with Crippen molar-refractivity contribution in [3.63, 3.8) is 0 Å². The van der Waals surface area contributed by atoms with Crippen molar-refractivity contribution in [2.45, 2.75) is 19.4 Å². The highest BCUT2D eigenvalue weighted by Crippen LogP contribution is 2.22. The number of amides is 1. The van der Waals surface area contributed by atoms with Gasteiger partial charge in [-0.3, -0.25) is 4.79 Å². The molecule has 1 aromatic carbocycles. The predicted octanol–water partition coefficient (Wildman–Crippen LogP) is 1.51. The number of hydrogen-bond acceptors (Lipinski definition) is 3. The zero-order chi connectivity index (χ0) is 12.1. The number of carbonyl (C=O) groups is 1. The molecule has 0 saturated heterocycles. The van der Waals surface area contributed by atoms with E-state index in [1.807, 2.05) is 0 Å². The Balaban J connectivity index is 2.90. The third-order valence-corrected chi connectivity index (χ3v) is 2.25. The normalized spacial score (nSPS) is 11.9. The van der Waals surface area contributed by atoms with E-state index in [0.717, 1.165) is 0 Å². The van der Waals surface area contributed by atoms with Gasteiger partial charge in [-0.05, 0) is 18.6 Å². The average molecular weight is 226 g/mol. The molecule has 0 saturated carbocycles. The highest BCUT2D eigenvalue weighted by Gasteiger charge is 2.14. The molecule has 0 bridgehead atoms. The molecule has 1 rings (SSSR count). The van der Waals surface area contributed by atoms with Gasteiger partial charge in [-0.25, -0.2) is 4.39 Å². The van der Waals surface area contributed by atoms with Crippen LogP contribution in [0.3, 0.4) is 0 Å². The van der Waals surface area contributed by atoms with Crippen molar-refractivity contribution in [3.05, 3.63) is 24.0 Å². The van der Waals surface area contributed by atoms with Crippen LogP contribution in [0.1, 0.15) is 13.3 Å². The highest BCUT2D eigenvalue weighted by molar-refractivity contribution is 5.83. The number of nitrogens with one attached hydrogen (secondary N) is 1. The summed E-state index contributed by atoms with van der Waals surface area (Å²) in [6, 6.07) is 3.68. The second-order valence-corrected chi connectivity index (χ2v) is 3.35. The summed E-state index contributed by atoms with van der Waals surface area (Å²) in [6.07, 6.45) is 0.492. The Labute approximate surface area is 93.6 Å². The summed E-state index contributed by atoms with van der Waals surface area (Å²) >= 11 is 0. The van der Waals surface area contributed by atoms with Crippen LogP contribution in [0.4, 0.5) is 10.1 Å². The van der Waals surface area contributed by atoms with E-state index in [4.69, 9.17) is 10.5 Å². The summed E-state index contributed by atoms with van der Waals surface area (Å²) in [7, 11) is 1.49. The quantitative estimate of drug-likeness (QED) is 0.799. The lowest BCUT2D eigenvalue weighted by Crippen LogP contribution is -2.35. The third kappa shape index (κ3) is 2.85. The number of benzene rings is 1. The molecule has 1 unspecified atom stereocenters. The largest absolute Gasteiger partial charge is 0.497 e. The number of primary amides is 1. The van der Waals surface area contributed by atoms with E-state index < -0.39 is 17.8 Å². The topological polar surface area (TPSA) is 64.3 Å². The van der Waals surface area contributed by atoms with Gasteiger partial charge in [0.05, 0.1) is 12.8 Å². The number of methoxy groups -OCH3 is 1. The molecule has 0 heterocycles. The molecule has 5 heteroatoms. The van der Waals surface area contributed by atoms with Crippen molar-refractivity contribution < 1.29 is 13.9 Å². The molecule has 0 spiro atoms. The fourth-order valence-corrected chi connectivity index (χ4v) is 1.30. The van der Waals surface area contributed by atoms with Gasteiger partial charge in [-0.15, -0.1) is 0 Å². The van der Waals surface area contributed by atoms with Crippen LogP contribution >= 0.6 is 0 Å². The van der Waals surface area contributed by atoms with Gasteiger partial charge in [-0.2, -0.15) is 0 Å². The van der Waals surface area contributed by atoms with Gasteiger partial charge in [0.1, 0.15) is 17.6 Å². The highest BCUT2D eigenvalue weighted by atomic mass is 19.1. The molecule has 0 aliphatic heterocycles. The number of halogens is 1. The standard InChI is InChI=1S/C11H15FN2O2/c1-3-9(11(13)15)14-10-6-7(16-2)4-5-8(10)12/h4-6,9,14H,3H2,1-2H3,(H2,13,15). The van der Waals surface area contributed by atoms with Crippen molar-refractivity contribution in [2.24, 2.45) is 5.73 Å². The second-order valence-electron chi connectivity index (χ2n) is 3.35. The van der Waals surface area contributed by atoms with Crippen molar-refractivity contribution in [1.82, 2.24) is 0 Å². The maximum absolute atomic E-state index is 13.4. The van der Waals surface area contributed by atoms with Crippen molar-refractivity contribution in [2.75, 3.05) is 12.4 Å². The van der Waals surface area contributed by atoms with Crippen LogP contribution in [-0.4, -0.2) is 19.1 Å². The number of anilines is 1. The van der Waals surface area contributed by atoms with Crippen LogP contribution in [0.25, 0.3) is 0 Å². The molecule has 4 nitrogen and oxygen atoms in total. The summed E-state index contributed by atoms with van der Waals surface area (Å²) in [6.45, 7) is 1.79. The van der Waals surface area contributed by atoms with Crippen LogP contribution in [0.2, 0.25) is 0 Å². The maximum atomic E-state index is 13.4. The van der Waals surface area contributed by atoms with Crippen LogP contribution in [-0.2, 0) is 4.79 Å².